The largest absolute Gasteiger partial charge is 0.476 e. The Bertz CT molecular complexity index is 1420. The number of allylic oxidation sites excluding steroid dienone is 1. The summed E-state index contributed by atoms with van der Waals surface area (Å²) in [6.45, 7) is 0. The van der Waals surface area contributed by atoms with E-state index in [1.54, 1.807) is 6.20 Å². The number of aliphatic imine (C=N–C) groups is 1. The molecule has 2 aliphatic rings. The lowest BCUT2D eigenvalue weighted by molar-refractivity contribution is -0.136. The number of carbonyl (C=O) groups is 2. The lowest BCUT2D eigenvalue weighted by Gasteiger charge is -2.31. The summed E-state index contributed by atoms with van der Waals surface area (Å²) in [7, 11) is 1.31. The molecule has 2 N–H and O–H groups in total. The van der Waals surface area contributed by atoms with Crippen molar-refractivity contribution in [3.05, 3.63) is 80.3 Å². The average Bonchev–Trinajstić information content (AvgIpc) is 3.57. The number of hydrogen-bond donors (Lipinski definition) is 2. The summed E-state index contributed by atoms with van der Waals surface area (Å²) < 4.78 is 24.5. The number of aromatic carboxylic acids is 1. The molecule has 0 radical (unpaired) electrons. The number of carbonyl (C=O) groups excluding carboxylic acids is 1. The first-order valence-electron chi connectivity index (χ1n) is 12.1. The van der Waals surface area contributed by atoms with E-state index in [0.29, 0.717) is 46.4 Å². The van der Waals surface area contributed by atoms with Gasteiger partial charge in [0.1, 0.15) is 18.1 Å². The number of thiazole rings is 1. The predicted octanol–water partition coefficient (Wildman–Crippen LogP) is 5.50. The maximum atomic E-state index is 13.9. The Morgan fingerprint density at radius 2 is 2.03 bits per heavy atom. The second-order valence-corrected chi connectivity index (χ2v) is 10.4. The molecule has 1 aliphatic heterocycles. The SMILES string of the molecule is COC(=O)C1=C([C@@H]2CCC[C@@H](c3nc(C(=O)O)co3)CC2)NC(c2nccs2)=NC1c1ccc(F)cc1Cl. The third-order valence-corrected chi connectivity index (χ3v) is 7.95. The van der Waals surface area contributed by atoms with Crippen LogP contribution < -0.4 is 5.32 Å². The van der Waals surface area contributed by atoms with Crippen LogP contribution in [0.1, 0.15) is 71.0 Å². The Labute approximate surface area is 226 Å². The molecule has 0 amide bonds. The molecule has 0 bridgehead atoms. The number of amidine groups is 1. The molecule has 1 fully saturated rings. The van der Waals surface area contributed by atoms with Crippen LogP contribution in [-0.4, -0.2) is 40.0 Å². The van der Waals surface area contributed by atoms with Gasteiger partial charge in [-0.05, 0) is 43.7 Å². The van der Waals surface area contributed by atoms with Crippen LogP contribution >= 0.6 is 22.9 Å². The number of nitrogens with one attached hydrogen (secondary N) is 1. The van der Waals surface area contributed by atoms with E-state index in [1.807, 2.05) is 5.38 Å². The number of halogens is 2. The zero-order chi connectivity index (χ0) is 26.8. The van der Waals surface area contributed by atoms with Crippen molar-refractivity contribution in [2.24, 2.45) is 10.9 Å². The van der Waals surface area contributed by atoms with Gasteiger partial charge in [0.2, 0.25) is 0 Å². The van der Waals surface area contributed by atoms with Gasteiger partial charge in [-0.25, -0.2) is 23.9 Å². The number of ether oxygens (including phenoxy) is 1. The van der Waals surface area contributed by atoms with Gasteiger partial charge in [-0.15, -0.1) is 11.3 Å². The third kappa shape index (κ3) is 5.21. The van der Waals surface area contributed by atoms with Crippen LogP contribution in [0.25, 0.3) is 0 Å². The number of hydrogen-bond acceptors (Lipinski definition) is 9. The summed E-state index contributed by atoms with van der Waals surface area (Å²) in [5, 5.41) is 15.2. The van der Waals surface area contributed by atoms with E-state index < -0.39 is 23.8 Å². The van der Waals surface area contributed by atoms with Crippen LogP contribution in [-0.2, 0) is 9.53 Å². The predicted molar refractivity (Wildman–Crippen MR) is 138 cm³/mol. The van der Waals surface area contributed by atoms with Crippen molar-refractivity contribution in [1.82, 2.24) is 15.3 Å². The van der Waals surface area contributed by atoms with E-state index in [-0.39, 0.29) is 22.6 Å². The molecule has 1 saturated carbocycles. The van der Waals surface area contributed by atoms with Crippen molar-refractivity contribution < 1.29 is 28.2 Å². The first kappa shape index (κ1) is 26.1. The minimum absolute atomic E-state index is 0.0479. The van der Waals surface area contributed by atoms with Gasteiger partial charge < -0.3 is 19.6 Å². The molecule has 1 aliphatic carbocycles. The van der Waals surface area contributed by atoms with Crippen molar-refractivity contribution in [3.8, 4) is 0 Å². The highest BCUT2D eigenvalue weighted by Crippen LogP contribution is 2.42. The molecule has 38 heavy (non-hydrogen) atoms. The maximum absolute atomic E-state index is 13.9. The van der Waals surface area contributed by atoms with Gasteiger partial charge in [0, 0.05) is 33.8 Å². The van der Waals surface area contributed by atoms with Gasteiger partial charge in [-0.2, -0.15) is 0 Å². The Hall–Kier alpha value is -3.57. The first-order valence-corrected chi connectivity index (χ1v) is 13.3. The van der Waals surface area contributed by atoms with Crippen LogP contribution in [0.15, 0.2) is 56.7 Å². The standard InChI is InChI=1S/C26H24ClFN4O5S/c1-36-26(35)19-20(13-3-2-4-14(6-5-13)23-30-18(12-37-23)25(33)34)31-22(24-29-9-10-38-24)32-21(19)16-8-7-15(28)11-17(16)27/h7-14,21H,2-6H2,1H3,(H,31,32)(H,33,34)/t13-,14-,21?/m1/s1. The van der Waals surface area contributed by atoms with Crippen molar-refractivity contribution in [2.75, 3.05) is 7.11 Å². The Morgan fingerprint density at radius 3 is 2.71 bits per heavy atom. The highest BCUT2D eigenvalue weighted by atomic mass is 35.5. The van der Waals surface area contributed by atoms with Crippen molar-refractivity contribution in [2.45, 2.75) is 44.1 Å². The molecule has 9 nitrogen and oxygen atoms in total. The van der Waals surface area contributed by atoms with Gasteiger partial charge in [0.15, 0.2) is 22.4 Å². The monoisotopic (exact) mass is 558 g/mol. The fourth-order valence-corrected chi connectivity index (χ4v) is 5.89. The molecule has 198 valence electrons. The number of methoxy groups -OCH3 is 1. The summed E-state index contributed by atoms with van der Waals surface area (Å²) in [5.74, 6) is -1.41. The third-order valence-electron chi connectivity index (χ3n) is 6.84. The zero-order valence-corrected chi connectivity index (χ0v) is 21.9. The molecule has 12 heteroatoms. The average molecular weight is 559 g/mol. The molecule has 3 atom stereocenters. The summed E-state index contributed by atoms with van der Waals surface area (Å²) in [5.41, 5.74) is 1.35. The van der Waals surface area contributed by atoms with E-state index in [2.05, 4.69) is 15.3 Å². The number of rotatable bonds is 6. The van der Waals surface area contributed by atoms with Crippen LogP contribution in [0, 0.1) is 11.7 Å². The lowest BCUT2D eigenvalue weighted by atomic mass is 9.86. The number of esters is 1. The molecular formula is C26H24ClFN4O5S. The molecule has 3 heterocycles. The van der Waals surface area contributed by atoms with Crippen molar-refractivity contribution in [3.63, 3.8) is 0 Å². The molecule has 5 rings (SSSR count). The van der Waals surface area contributed by atoms with E-state index in [0.717, 1.165) is 25.5 Å². The van der Waals surface area contributed by atoms with E-state index >= 15 is 0 Å². The molecule has 0 spiro atoms. The second kappa shape index (κ2) is 11.0. The molecule has 1 aromatic carbocycles. The Morgan fingerprint density at radius 1 is 1.24 bits per heavy atom. The van der Waals surface area contributed by atoms with Crippen molar-refractivity contribution in [1.29, 1.82) is 0 Å². The van der Waals surface area contributed by atoms with E-state index in [9.17, 15) is 19.1 Å². The first-order chi connectivity index (χ1) is 18.4. The lowest BCUT2D eigenvalue weighted by Crippen LogP contribution is -2.36. The number of nitrogens with zero attached hydrogens (tertiary/aromatic N) is 3. The minimum atomic E-state index is -1.13. The molecular weight excluding hydrogens is 535 g/mol. The quantitative estimate of drug-likeness (QED) is 0.300. The van der Waals surface area contributed by atoms with Crippen LogP contribution in [0.3, 0.4) is 0 Å². The topological polar surface area (TPSA) is 127 Å². The zero-order valence-electron chi connectivity index (χ0n) is 20.3. The Kier molecular flexibility index (Phi) is 7.57. The highest BCUT2D eigenvalue weighted by molar-refractivity contribution is 7.11. The number of carboxylic acid groups (broad SMARTS) is 1. The molecule has 0 saturated heterocycles. The summed E-state index contributed by atoms with van der Waals surface area (Å²) in [4.78, 5) is 37.8. The fraction of sp³-hybridized carbons (Fsp3) is 0.346. The van der Waals surface area contributed by atoms with E-state index in [4.69, 9.17) is 25.7 Å². The number of aromatic nitrogens is 2. The fourth-order valence-electron chi connectivity index (χ4n) is 5.03. The molecule has 1 unspecified atom stereocenters. The van der Waals surface area contributed by atoms with Gasteiger partial charge >= 0.3 is 11.9 Å². The van der Waals surface area contributed by atoms with Crippen LogP contribution in [0.5, 0.6) is 0 Å². The molecule has 2 aromatic heterocycles. The van der Waals surface area contributed by atoms with Gasteiger partial charge in [0.05, 0.1) is 12.7 Å². The van der Waals surface area contributed by atoms with Gasteiger partial charge in [-0.3, -0.25) is 4.99 Å². The molecule has 3 aromatic rings. The summed E-state index contributed by atoms with van der Waals surface area (Å²) >= 11 is 7.84. The summed E-state index contributed by atoms with van der Waals surface area (Å²) in [6, 6.07) is 3.19. The second-order valence-electron chi connectivity index (χ2n) is 9.11. The van der Waals surface area contributed by atoms with Crippen LogP contribution in [0.4, 0.5) is 4.39 Å². The van der Waals surface area contributed by atoms with Crippen molar-refractivity contribution >= 4 is 40.7 Å². The summed E-state index contributed by atoms with van der Waals surface area (Å²) in [6.07, 6.45) is 6.49. The normalized spacial score (nSPS) is 21.9. The van der Waals surface area contributed by atoms with Crippen LogP contribution in [0.2, 0.25) is 5.02 Å². The minimum Gasteiger partial charge on any atom is -0.476 e. The smallest absolute Gasteiger partial charge is 0.357 e. The highest BCUT2D eigenvalue weighted by Gasteiger charge is 2.37. The maximum Gasteiger partial charge on any atom is 0.357 e. The van der Waals surface area contributed by atoms with Gasteiger partial charge in [-0.1, -0.05) is 24.1 Å². The Balaban J connectivity index is 1.53. The number of benzene rings is 1. The number of oxazole rings is 1. The van der Waals surface area contributed by atoms with E-state index in [1.165, 1.54) is 36.6 Å². The van der Waals surface area contributed by atoms with Gasteiger partial charge in [0.25, 0.3) is 0 Å². The number of carboxylic acids is 1.